The van der Waals surface area contributed by atoms with Gasteiger partial charge in [-0.3, -0.25) is 0 Å². The largest absolute Gasteiger partial charge is 0.492 e. The minimum Gasteiger partial charge on any atom is -0.492 e. The fourth-order valence-electron chi connectivity index (χ4n) is 5.69. The number of hydrogen-bond donors (Lipinski definition) is 0. The molecule has 17 heteroatoms. The van der Waals surface area contributed by atoms with Gasteiger partial charge in [-0.15, -0.1) is 0 Å². The molecule has 6 nitrogen and oxygen atoms in total. The Kier molecular flexibility index (Phi) is 11.6. The van der Waals surface area contributed by atoms with E-state index in [1.165, 1.54) is 60.7 Å². The van der Waals surface area contributed by atoms with Gasteiger partial charge in [-0.1, -0.05) is 84.6 Å². The van der Waals surface area contributed by atoms with Crippen LogP contribution in [-0.2, 0) is 28.4 Å². The number of benzene rings is 2. The third kappa shape index (κ3) is 6.19. The van der Waals surface area contributed by atoms with E-state index in [0.29, 0.717) is 40.6 Å². The number of thioether (sulfide) groups is 1. The Labute approximate surface area is 302 Å². The monoisotopic (exact) mass is 782 g/mol. The fraction of sp³-hybridized carbons (Fsp3) is 0.333. The first-order chi connectivity index (χ1) is 24.9. The molecule has 4 rings (SSSR count). The molecular weight excluding hydrogens is 750 g/mol. The number of halogens is 10. The predicted octanol–water partition coefficient (Wildman–Crippen LogP) is 9.86. The molecule has 0 heterocycles. The molecule has 0 radical (unpaired) electrons. The quantitative estimate of drug-likeness (QED) is 0.177. The highest BCUT2D eigenvalue weighted by atomic mass is 32.2. The second-order valence-corrected chi connectivity index (χ2v) is 12.6. The molecule has 0 fully saturated rings. The van der Waals surface area contributed by atoms with Crippen LogP contribution in [0, 0.1) is 0 Å². The van der Waals surface area contributed by atoms with Crippen molar-refractivity contribution in [1.82, 2.24) is 0 Å². The van der Waals surface area contributed by atoms with Crippen LogP contribution in [0.1, 0.15) is 11.1 Å². The normalized spacial score (nSPS) is 25.4. The molecule has 0 spiro atoms. The number of allylic oxidation sites excluding steroid dienone is 4. The summed E-state index contributed by atoms with van der Waals surface area (Å²) in [4.78, 5) is 0. The topological polar surface area (TPSA) is 55.4 Å². The summed E-state index contributed by atoms with van der Waals surface area (Å²) in [6, 6.07) is 13.2. The summed E-state index contributed by atoms with van der Waals surface area (Å²) in [5.74, 6) is -26.0. The second kappa shape index (κ2) is 15.0. The lowest BCUT2D eigenvalue weighted by Crippen LogP contribution is -2.65. The van der Waals surface area contributed by atoms with E-state index in [0.717, 1.165) is 14.2 Å². The van der Waals surface area contributed by atoms with Crippen molar-refractivity contribution < 1.29 is 72.3 Å². The van der Waals surface area contributed by atoms with Crippen molar-refractivity contribution in [2.45, 2.75) is 33.2 Å². The Bertz CT molecular complexity index is 1730. The highest BCUT2D eigenvalue weighted by Crippen LogP contribution is 2.68. The van der Waals surface area contributed by atoms with Gasteiger partial charge in [0.25, 0.3) is 11.3 Å². The first-order valence-corrected chi connectivity index (χ1v) is 15.9. The number of hydrogen-bond acceptors (Lipinski definition) is 7. The maximum atomic E-state index is 18.0. The van der Waals surface area contributed by atoms with E-state index in [1.807, 2.05) is 0 Å². The number of ether oxygens (including phenoxy) is 6. The Morgan fingerprint density at radius 3 is 1.06 bits per heavy atom. The summed E-state index contributed by atoms with van der Waals surface area (Å²) in [6.07, 6.45) is 0.822. The lowest BCUT2D eigenvalue weighted by atomic mass is 9.82. The van der Waals surface area contributed by atoms with Crippen LogP contribution in [0.5, 0.6) is 0 Å². The lowest BCUT2D eigenvalue weighted by molar-refractivity contribution is -0.171. The number of rotatable bonds is 14. The molecule has 2 aromatic carbocycles. The molecule has 0 amide bonds. The zero-order valence-electron chi connectivity index (χ0n) is 28.7. The lowest BCUT2D eigenvalue weighted by Gasteiger charge is -2.48. The van der Waals surface area contributed by atoms with Crippen LogP contribution in [-0.4, -0.2) is 75.8 Å². The standard InChI is InChI=1S/C36H32F10O6S/c1-47-23-25(49-3)29(51-5)35(43,44)33(41,27(23)37)31(39,19-17-21-13-9-7-10-14-21)53-32(40,20-18-22-15-11-8-12-16-22)34(42)28(38)24(48-2)26(50-4)30(52-6)36(34,45)46/h7-20H,1-6H3. The van der Waals surface area contributed by atoms with E-state index in [9.17, 15) is 0 Å². The van der Waals surface area contributed by atoms with Crippen LogP contribution in [0.4, 0.5) is 43.9 Å². The molecule has 0 N–H and O–H groups in total. The molecule has 2 aromatic rings. The van der Waals surface area contributed by atoms with Gasteiger partial charge in [0, 0.05) is 0 Å². The summed E-state index contributed by atoms with van der Waals surface area (Å²) < 4.78 is 198. The molecule has 2 aliphatic carbocycles. The third-order valence-corrected chi connectivity index (χ3v) is 9.73. The molecule has 2 aliphatic rings. The van der Waals surface area contributed by atoms with Crippen LogP contribution in [0.3, 0.4) is 0 Å². The van der Waals surface area contributed by atoms with E-state index in [4.69, 9.17) is 18.9 Å². The van der Waals surface area contributed by atoms with Gasteiger partial charge in [0.15, 0.2) is 23.2 Å². The van der Waals surface area contributed by atoms with Crippen molar-refractivity contribution in [3.63, 3.8) is 0 Å². The van der Waals surface area contributed by atoms with Gasteiger partial charge >= 0.3 is 11.8 Å². The molecular formula is C36H32F10O6S. The second-order valence-electron chi connectivity index (χ2n) is 11.2. The predicted molar refractivity (Wildman–Crippen MR) is 176 cm³/mol. The Morgan fingerprint density at radius 2 is 0.792 bits per heavy atom. The van der Waals surface area contributed by atoms with Gasteiger partial charge in [0.05, 0.1) is 42.7 Å². The van der Waals surface area contributed by atoms with Crippen LogP contribution >= 0.6 is 11.8 Å². The zero-order valence-corrected chi connectivity index (χ0v) is 29.5. The highest BCUT2D eigenvalue weighted by molar-refractivity contribution is 8.02. The van der Waals surface area contributed by atoms with Crippen molar-refractivity contribution in [3.05, 3.63) is 130 Å². The smallest absolute Gasteiger partial charge is 0.352 e. The minimum atomic E-state index is -5.56. The van der Waals surface area contributed by atoms with Crippen molar-refractivity contribution in [3.8, 4) is 0 Å². The summed E-state index contributed by atoms with van der Waals surface area (Å²) in [5, 5.41) is -10.1. The average molecular weight is 783 g/mol. The van der Waals surface area contributed by atoms with E-state index in [-0.39, 0.29) is 23.3 Å². The summed E-state index contributed by atoms with van der Waals surface area (Å²) in [5.41, 5.74) is -11.3. The summed E-state index contributed by atoms with van der Waals surface area (Å²) >= 11 is -1.59. The number of alkyl halides is 8. The van der Waals surface area contributed by atoms with Crippen LogP contribution in [0.15, 0.2) is 119 Å². The average Bonchev–Trinajstić information content (AvgIpc) is 3.14. The maximum absolute atomic E-state index is 18.0. The SMILES string of the molecule is COC1=C(OC)C(F)(F)C(F)(C(F)(C=Cc2ccccc2)SC(F)(C=Cc2ccccc2)C2(F)C(F)=C(OC)C(OC)=C(OC)C2(F)F)C(F)=C1OC. The molecule has 0 saturated heterocycles. The molecule has 53 heavy (non-hydrogen) atoms. The first kappa shape index (κ1) is 41.1. The van der Waals surface area contributed by atoms with Gasteiger partial charge in [-0.25, -0.2) is 26.3 Å². The van der Waals surface area contributed by atoms with Crippen molar-refractivity contribution in [1.29, 1.82) is 0 Å². The zero-order chi connectivity index (χ0) is 39.6. The van der Waals surface area contributed by atoms with E-state index in [2.05, 4.69) is 9.47 Å². The van der Waals surface area contributed by atoms with E-state index >= 15 is 43.9 Å². The highest BCUT2D eigenvalue weighted by Gasteiger charge is 2.82. The molecule has 4 unspecified atom stereocenters. The van der Waals surface area contributed by atoms with Crippen LogP contribution < -0.4 is 0 Å². The van der Waals surface area contributed by atoms with Crippen molar-refractivity contribution in [2.24, 2.45) is 0 Å². The fourth-order valence-corrected chi connectivity index (χ4v) is 7.11. The molecule has 0 saturated carbocycles. The maximum Gasteiger partial charge on any atom is 0.352 e. The van der Waals surface area contributed by atoms with Gasteiger partial charge in [0.2, 0.25) is 33.0 Å². The molecule has 0 aliphatic heterocycles. The Hall–Kier alpha value is -4.67. The molecule has 0 aromatic heterocycles. The van der Waals surface area contributed by atoms with Crippen molar-refractivity contribution in [2.75, 3.05) is 42.7 Å². The number of methoxy groups -OCH3 is 6. The van der Waals surface area contributed by atoms with Gasteiger partial charge < -0.3 is 28.4 Å². The molecule has 288 valence electrons. The van der Waals surface area contributed by atoms with E-state index in [1.54, 1.807) is 0 Å². The van der Waals surface area contributed by atoms with Crippen LogP contribution in [0.2, 0.25) is 0 Å². The molecule has 4 atom stereocenters. The summed E-state index contributed by atoms with van der Waals surface area (Å²) in [6.45, 7) is 0. The first-order valence-electron chi connectivity index (χ1n) is 15.1. The van der Waals surface area contributed by atoms with Crippen LogP contribution in [0.25, 0.3) is 12.2 Å². The molecule has 0 bridgehead atoms. The van der Waals surface area contributed by atoms with Crippen molar-refractivity contribution >= 4 is 23.9 Å². The third-order valence-electron chi connectivity index (χ3n) is 8.30. The Balaban J connectivity index is 2.18. The van der Waals surface area contributed by atoms with Gasteiger partial charge in [-0.05, 0) is 23.3 Å². The Morgan fingerprint density at radius 1 is 0.491 bits per heavy atom. The van der Waals surface area contributed by atoms with E-state index < -0.39 is 91.2 Å². The minimum absolute atomic E-state index is 0.0985. The van der Waals surface area contributed by atoms with Gasteiger partial charge in [-0.2, -0.15) is 17.6 Å². The van der Waals surface area contributed by atoms with Gasteiger partial charge in [0.1, 0.15) is 0 Å². The summed E-state index contributed by atoms with van der Waals surface area (Å²) in [7, 11) is 3.85.